The number of furan rings is 1. The van der Waals surface area contributed by atoms with Crippen LogP contribution in [0.3, 0.4) is 0 Å². The van der Waals surface area contributed by atoms with Gasteiger partial charge in [-0.05, 0) is 66.1 Å². The molecule has 0 atom stereocenters. The van der Waals surface area contributed by atoms with Crippen LogP contribution in [0, 0.1) is 5.82 Å². The fourth-order valence-corrected chi connectivity index (χ4v) is 4.36. The van der Waals surface area contributed by atoms with E-state index < -0.39 is 5.97 Å². The highest BCUT2D eigenvalue weighted by molar-refractivity contribution is 6.30. The number of hydrogen-bond donors (Lipinski definition) is 1. The van der Waals surface area contributed by atoms with Crippen LogP contribution in [0.2, 0.25) is 5.02 Å². The molecule has 0 saturated carbocycles. The summed E-state index contributed by atoms with van der Waals surface area (Å²) in [5.74, 6) is -0.857. The normalized spacial score (nSPS) is 10.9. The van der Waals surface area contributed by atoms with Gasteiger partial charge in [-0.3, -0.25) is 4.79 Å². The summed E-state index contributed by atoms with van der Waals surface area (Å²) in [6.07, 6.45) is 0.0470. The van der Waals surface area contributed by atoms with Gasteiger partial charge in [0.1, 0.15) is 29.4 Å². The summed E-state index contributed by atoms with van der Waals surface area (Å²) in [5.41, 5.74) is 3.66. The highest BCUT2D eigenvalue weighted by Gasteiger charge is 2.24. The van der Waals surface area contributed by atoms with Gasteiger partial charge < -0.3 is 19.2 Å². The van der Waals surface area contributed by atoms with Gasteiger partial charge in [0.05, 0.1) is 13.0 Å². The van der Waals surface area contributed by atoms with E-state index >= 15 is 0 Å². The average molecular weight is 558 g/mol. The van der Waals surface area contributed by atoms with E-state index in [4.69, 9.17) is 25.5 Å². The molecule has 40 heavy (non-hydrogen) atoms. The Kier molecular flexibility index (Phi) is 8.12. The Morgan fingerprint density at radius 1 is 0.925 bits per heavy atom. The number of esters is 1. The number of ether oxygens (including phenoxy) is 2. The molecule has 0 radical (unpaired) electrons. The molecule has 0 aliphatic carbocycles. The van der Waals surface area contributed by atoms with Gasteiger partial charge in [0.15, 0.2) is 0 Å². The summed E-state index contributed by atoms with van der Waals surface area (Å²) in [6, 6.07) is 26.2. The van der Waals surface area contributed by atoms with Gasteiger partial charge in [0.25, 0.3) is 0 Å². The number of anilines is 1. The molecule has 1 heterocycles. The molecule has 0 saturated heterocycles. The molecule has 0 unspecified atom stereocenters. The monoisotopic (exact) mass is 557 g/mol. The van der Waals surface area contributed by atoms with Crippen molar-refractivity contribution in [2.24, 2.45) is 0 Å². The van der Waals surface area contributed by atoms with Crippen molar-refractivity contribution in [1.82, 2.24) is 0 Å². The van der Waals surface area contributed by atoms with E-state index in [0.29, 0.717) is 27.3 Å². The number of hydrogen-bond acceptors (Lipinski definition) is 5. The van der Waals surface area contributed by atoms with E-state index in [0.717, 1.165) is 16.7 Å². The van der Waals surface area contributed by atoms with Crippen molar-refractivity contribution in [2.75, 3.05) is 11.9 Å². The maximum atomic E-state index is 13.8. The molecular formula is C32H25ClFNO5. The molecule has 5 rings (SSSR count). The first kappa shape index (κ1) is 27.0. The van der Waals surface area contributed by atoms with E-state index in [2.05, 4.69) is 5.32 Å². The number of benzene rings is 4. The predicted molar refractivity (Wildman–Crippen MR) is 152 cm³/mol. The smallest absolute Gasteiger partial charge is 0.376 e. The largest absolute Gasteiger partial charge is 0.489 e. The quantitative estimate of drug-likeness (QED) is 0.187. The Morgan fingerprint density at radius 2 is 1.65 bits per heavy atom. The molecule has 5 aromatic rings. The molecule has 1 N–H and O–H groups in total. The summed E-state index contributed by atoms with van der Waals surface area (Å²) >= 11 is 6.01. The molecule has 8 heteroatoms. The standard InChI is InChI=1S/C32H25ClFNO5/c1-2-38-32(37)31-30(26-16-11-22(18-28(26)40-31)21-9-12-24(33)13-10-21)35-29(36)17-20-7-14-25(15-8-20)39-19-23-5-3-4-6-27(23)34/h3-16,18H,2,17,19H2,1H3,(H,35,36). The van der Waals surface area contributed by atoms with E-state index in [-0.39, 0.29) is 42.8 Å². The van der Waals surface area contributed by atoms with Gasteiger partial charge in [-0.25, -0.2) is 9.18 Å². The molecule has 0 bridgehead atoms. The molecule has 1 aromatic heterocycles. The zero-order valence-electron chi connectivity index (χ0n) is 21.6. The van der Waals surface area contributed by atoms with Crippen LogP contribution >= 0.6 is 11.6 Å². The van der Waals surface area contributed by atoms with Crippen LogP contribution < -0.4 is 10.1 Å². The number of amides is 1. The van der Waals surface area contributed by atoms with E-state index in [9.17, 15) is 14.0 Å². The second-order valence-electron chi connectivity index (χ2n) is 8.99. The first-order chi connectivity index (χ1) is 19.4. The third kappa shape index (κ3) is 6.16. The topological polar surface area (TPSA) is 77.8 Å². The Hall–Kier alpha value is -4.62. The highest BCUT2D eigenvalue weighted by Crippen LogP contribution is 2.35. The summed E-state index contributed by atoms with van der Waals surface area (Å²) in [4.78, 5) is 25.7. The van der Waals surface area contributed by atoms with Gasteiger partial charge >= 0.3 is 5.97 Å². The summed E-state index contributed by atoms with van der Waals surface area (Å²) < 4.78 is 30.5. The molecule has 0 aliphatic rings. The van der Waals surface area contributed by atoms with Gasteiger partial charge in [0, 0.05) is 16.0 Å². The maximum absolute atomic E-state index is 13.8. The second-order valence-corrected chi connectivity index (χ2v) is 9.43. The zero-order valence-corrected chi connectivity index (χ0v) is 22.3. The molecule has 4 aromatic carbocycles. The van der Waals surface area contributed by atoms with Crippen molar-refractivity contribution >= 4 is 40.1 Å². The molecular weight excluding hydrogens is 533 g/mol. The van der Waals surface area contributed by atoms with Crippen LogP contribution in [-0.2, 0) is 22.6 Å². The molecule has 6 nitrogen and oxygen atoms in total. The minimum Gasteiger partial charge on any atom is -0.489 e. The van der Waals surface area contributed by atoms with Crippen LogP contribution in [0.5, 0.6) is 5.75 Å². The lowest BCUT2D eigenvalue weighted by molar-refractivity contribution is -0.115. The number of nitrogens with one attached hydrogen (secondary N) is 1. The lowest BCUT2D eigenvalue weighted by Crippen LogP contribution is -2.16. The predicted octanol–water partition coefficient (Wildman–Crippen LogP) is 7.83. The van der Waals surface area contributed by atoms with Crippen LogP contribution in [0.4, 0.5) is 10.1 Å². The van der Waals surface area contributed by atoms with Crippen LogP contribution in [0.1, 0.15) is 28.6 Å². The summed E-state index contributed by atoms with van der Waals surface area (Å²) in [7, 11) is 0. The number of carbonyl (C=O) groups is 2. The van der Waals surface area contributed by atoms with E-state index in [1.165, 1.54) is 6.07 Å². The number of rotatable bonds is 9. The Bertz CT molecular complexity index is 1660. The van der Waals surface area contributed by atoms with Crippen LogP contribution in [0.25, 0.3) is 22.1 Å². The molecule has 1 amide bonds. The summed E-state index contributed by atoms with van der Waals surface area (Å²) in [6.45, 7) is 1.95. The highest BCUT2D eigenvalue weighted by atomic mass is 35.5. The Morgan fingerprint density at radius 3 is 2.38 bits per heavy atom. The first-order valence-electron chi connectivity index (χ1n) is 12.7. The van der Waals surface area contributed by atoms with Crippen molar-refractivity contribution in [1.29, 1.82) is 0 Å². The molecule has 202 valence electrons. The lowest BCUT2D eigenvalue weighted by atomic mass is 10.0. The second kappa shape index (κ2) is 12.1. The van der Waals surface area contributed by atoms with Gasteiger partial charge in [-0.15, -0.1) is 0 Å². The first-order valence-corrected chi connectivity index (χ1v) is 13.0. The number of carbonyl (C=O) groups excluding carboxylic acids is 2. The van der Waals surface area contributed by atoms with Crippen LogP contribution in [0.15, 0.2) is 95.4 Å². The fourth-order valence-electron chi connectivity index (χ4n) is 4.23. The SMILES string of the molecule is CCOC(=O)c1oc2cc(-c3ccc(Cl)cc3)ccc2c1NC(=O)Cc1ccc(OCc2ccccc2F)cc1. The Labute approximate surface area is 235 Å². The number of halogens is 2. The molecule has 0 fully saturated rings. The zero-order chi connectivity index (χ0) is 28.1. The van der Waals surface area contributed by atoms with Gasteiger partial charge in [-0.1, -0.05) is 60.1 Å². The van der Waals surface area contributed by atoms with E-state index in [1.54, 1.807) is 73.7 Å². The van der Waals surface area contributed by atoms with Gasteiger partial charge in [-0.2, -0.15) is 0 Å². The van der Waals surface area contributed by atoms with Gasteiger partial charge in [0.2, 0.25) is 11.7 Å². The minimum atomic E-state index is -0.668. The van der Waals surface area contributed by atoms with Crippen molar-refractivity contribution in [3.8, 4) is 16.9 Å². The lowest BCUT2D eigenvalue weighted by Gasteiger charge is -2.09. The average Bonchev–Trinajstić information content (AvgIpc) is 3.31. The summed E-state index contributed by atoms with van der Waals surface area (Å²) in [5, 5.41) is 4.03. The number of fused-ring (bicyclic) bond motifs is 1. The third-order valence-corrected chi connectivity index (χ3v) is 6.49. The Balaban J connectivity index is 1.32. The maximum Gasteiger partial charge on any atom is 0.376 e. The van der Waals surface area contributed by atoms with E-state index in [1.807, 2.05) is 18.2 Å². The third-order valence-electron chi connectivity index (χ3n) is 6.23. The van der Waals surface area contributed by atoms with Crippen LogP contribution in [-0.4, -0.2) is 18.5 Å². The fraction of sp³-hybridized carbons (Fsp3) is 0.125. The van der Waals surface area contributed by atoms with Crippen molar-refractivity contribution < 1.29 is 27.9 Å². The van der Waals surface area contributed by atoms with Crippen molar-refractivity contribution in [3.63, 3.8) is 0 Å². The molecule has 0 aliphatic heterocycles. The minimum absolute atomic E-state index is 0.0470. The molecule has 0 spiro atoms. The van der Waals surface area contributed by atoms with Crippen molar-refractivity contribution in [2.45, 2.75) is 20.0 Å². The van der Waals surface area contributed by atoms with Crippen molar-refractivity contribution in [3.05, 3.63) is 119 Å².